The molecular formula is C92H104F7I2N17O17. The highest BCUT2D eigenvalue weighted by Crippen LogP contribution is 2.42. The molecule has 8 heterocycles. The van der Waals surface area contributed by atoms with Crippen molar-refractivity contribution in [3.05, 3.63) is 233 Å². The van der Waals surface area contributed by atoms with Crippen LogP contribution in [0.2, 0.25) is 0 Å². The Morgan fingerprint density at radius 1 is 0.548 bits per heavy atom. The number of hydrogen-bond donors (Lipinski definition) is 12. The van der Waals surface area contributed by atoms with Crippen molar-refractivity contribution in [2.45, 2.75) is 132 Å². The third-order valence-electron chi connectivity index (χ3n) is 22.2. The van der Waals surface area contributed by atoms with E-state index in [4.69, 9.17) is 11.2 Å². The standard InChI is InChI=1S/C45H46F3IN8O8.C27H32FN5O5.C17H15F2IN4O4.CH3F.2CH4/c1-5-50-42(61)41-53-52-40(30-18-29(23(2)3)35(59)19-36(30)60)57(41)27-8-6-25(31(46)17-27)20-55-13-10-24(11-14-55)45(64)65-22-28(58)21-56-15-12-34-37(43(56)62)39(38(48)44(63)54(34)4)51-33-9-7-26(49)16-32(33)47;1-4-29-26(36)25-31-30-24(20-12-19(15(2)3)22(34)13-23(20)35)33(25)18-6-5-17(21(28)11-18)14-32-9-7-16(8-10-32)27(37)38;1-23-15-12(16(27)24(7-21-15)5-9(26)6-25)14(13(19)17(23)28)22-11-3-2-8(20)4-10(11)18;1-2;;/h6-9,12,15-19,23-24,28,51,58-60H,5,10-11,13-14,20-22H2,1-4H3,(H,50,61);5-6,11-13,15-16,34-35H,4,7-10,14H2,1-3H3,(H,29,36)(H,37,38);2-4,7,9,22,25-26H,5-6H2,1H3;1H3;2*1H4/t28-;;9-;;;/m1.1.../s1/i;;;1D;;. The number of aromatic nitrogens is 11. The summed E-state index contributed by atoms with van der Waals surface area (Å²) < 4.78 is 119. The zero-order valence-electron chi connectivity index (χ0n) is 73.9. The van der Waals surface area contributed by atoms with E-state index in [0.717, 1.165) is 24.6 Å². The Balaban J connectivity index is 0.000000246. The fraction of sp³-hybridized carbons (Fsp3) is 0.359. The van der Waals surface area contributed by atoms with Crippen molar-refractivity contribution < 1.29 is 96.9 Å². The maximum Gasteiger partial charge on any atom is 0.309 e. The number of amides is 2. The van der Waals surface area contributed by atoms with Gasteiger partial charge < -0.3 is 76.0 Å². The number of benzene rings is 6. The second kappa shape index (κ2) is 46.5. The van der Waals surface area contributed by atoms with Gasteiger partial charge in [0, 0.05) is 76.9 Å². The van der Waals surface area contributed by atoms with Gasteiger partial charge in [-0.1, -0.05) is 54.7 Å². The number of aryl methyl sites for hydroxylation is 2. The van der Waals surface area contributed by atoms with Gasteiger partial charge in [0.2, 0.25) is 23.3 Å². The van der Waals surface area contributed by atoms with Crippen LogP contribution in [0.3, 0.4) is 0 Å². The summed E-state index contributed by atoms with van der Waals surface area (Å²) in [6, 6.07) is 24.2. The van der Waals surface area contributed by atoms with Crippen LogP contribution in [0.5, 0.6) is 23.0 Å². The van der Waals surface area contributed by atoms with E-state index >= 15 is 13.2 Å². The van der Waals surface area contributed by atoms with Gasteiger partial charge in [-0.05, 0) is 213 Å². The molecule has 12 N–H and O–H groups in total. The first kappa shape index (κ1) is 104. The largest absolute Gasteiger partial charge is 0.508 e. The molecule has 2 saturated heterocycles. The van der Waals surface area contributed by atoms with E-state index in [1.807, 2.05) is 82.7 Å². The Bertz CT molecular complexity index is 6660. The zero-order valence-corrected chi connectivity index (χ0v) is 77.2. The first-order valence-electron chi connectivity index (χ1n) is 42.4. The molecule has 6 aromatic carbocycles. The molecule has 0 aliphatic carbocycles. The number of carboxylic acids is 1. The number of carboxylic acid groups (broad SMARTS) is 1. The molecule has 2 aliphatic rings. The van der Waals surface area contributed by atoms with Crippen molar-refractivity contribution in [3.63, 3.8) is 0 Å². The molecule has 722 valence electrons. The summed E-state index contributed by atoms with van der Waals surface area (Å²) in [4.78, 5) is 110. The number of ether oxygens (including phenoxy) is 1. The summed E-state index contributed by atoms with van der Waals surface area (Å²) in [6.45, 7) is 12.4. The first-order valence-corrected chi connectivity index (χ1v) is 43.9. The Kier molecular flexibility index (Phi) is 36.0. The Hall–Kier alpha value is -12.7. The number of nitrogens with zero attached hydrogens (tertiary/aromatic N) is 13. The van der Waals surface area contributed by atoms with Gasteiger partial charge in [0.1, 0.15) is 70.7 Å². The average molecular weight is 2110 g/mol. The third kappa shape index (κ3) is 24.0. The number of piperidine rings is 2. The number of alkyl halides is 1. The fourth-order valence-electron chi connectivity index (χ4n) is 15.2. The minimum absolute atomic E-state index is 0. The van der Waals surface area contributed by atoms with E-state index in [9.17, 15) is 91.7 Å². The van der Waals surface area contributed by atoms with Crippen molar-refractivity contribution in [2.75, 3.05) is 70.3 Å². The fourth-order valence-corrected chi connectivity index (χ4v) is 16.1. The second-order valence-corrected chi connectivity index (χ2v) is 34.4. The van der Waals surface area contributed by atoms with Gasteiger partial charge in [0.15, 0.2) is 17.3 Å². The Labute approximate surface area is 797 Å². The van der Waals surface area contributed by atoms with Gasteiger partial charge in [0.25, 0.3) is 34.1 Å². The molecule has 0 bridgehead atoms. The lowest BCUT2D eigenvalue weighted by Crippen LogP contribution is -2.37. The molecule has 34 nitrogen and oxygen atoms in total. The van der Waals surface area contributed by atoms with Crippen molar-refractivity contribution in [1.29, 1.82) is 0 Å². The molecule has 135 heavy (non-hydrogen) atoms. The zero-order chi connectivity index (χ0) is 97.7. The lowest BCUT2D eigenvalue weighted by atomic mass is 9.96. The smallest absolute Gasteiger partial charge is 0.309 e. The van der Waals surface area contributed by atoms with Crippen LogP contribution >= 0.6 is 45.2 Å². The molecule has 2 atom stereocenters. The quantitative estimate of drug-likeness (QED) is 0.0129. The first-order chi connectivity index (χ1) is 63.7. The number of aliphatic carboxylic acids is 1. The Morgan fingerprint density at radius 2 is 0.978 bits per heavy atom. The van der Waals surface area contributed by atoms with Crippen LogP contribution in [0.4, 0.5) is 53.5 Å². The number of likely N-dealkylation sites (tertiary alicyclic amines) is 2. The van der Waals surface area contributed by atoms with Crippen molar-refractivity contribution in [1.82, 2.24) is 73.2 Å². The van der Waals surface area contributed by atoms with E-state index in [1.54, 1.807) is 62.4 Å². The number of carbonyl (C=O) groups excluding carboxylic acids is 3. The van der Waals surface area contributed by atoms with E-state index in [-0.39, 0.29) is 161 Å². The average Bonchev–Trinajstić information content (AvgIpc) is 1.07. The van der Waals surface area contributed by atoms with Gasteiger partial charge in [-0.15, -0.1) is 20.4 Å². The molecule has 0 radical (unpaired) electrons. The molecule has 0 spiro atoms. The van der Waals surface area contributed by atoms with Gasteiger partial charge >= 0.3 is 11.9 Å². The highest BCUT2D eigenvalue weighted by molar-refractivity contribution is 14.1. The number of pyridine rings is 3. The van der Waals surface area contributed by atoms with Crippen molar-refractivity contribution in [3.8, 4) is 57.1 Å². The number of halogens is 9. The molecule has 2 aliphatic heterocycles. The third-order valence-corrected chi connectivity index (χ3v) is 23.6. The minimum atomic E-state index is -1.35. The number of anilines is 4. The van der Waals surface area contributed by atoms with Gasteiger partial charge in [-0.2, -0.15) is 8.78 Å². The molecule has 12 aromatic rings. The molecule has 2 amide bonds. The number of fused-ring (bicyclic) bond motifs is 2. The van der Waals surface area contributed by atoms with E-state index < -0.39 is 131 Å². The minimum Gasteiger partial charge on any atom is -0.508 e. The summed E-state index contributed by atoms with van der Waals surface area (Å²) in [7, 11) is 1.54. The number of carbonyl (C=O) groups is 4. The predicted octanol–water partition coefficient (Wildman–Crippen LogP) is 12.4. The van der Waals surface area contributed by atoms with Gasteiger partial charge in [-0.3, -0.25) is 70.8 Å². The number of phenols is 4. The summed E-state index contributed by atoms with van der Waals surface area (Å²) in [6.07, 6.45) is 1.61. The number of hydrogen-bond acceptors (Lipinski definition) is 25. The number of phenolic OH excluding ortho intramolecular Hbond substituents is 4. The number of aromatic hydroxyl groups is 4. The highest BCUT2D eigenvalue weighted by atomic mass is 127. The van der Waals surface area contributed by atoms with Crippen LogP contribution in [0.25, 0.3) is 56.1 Å². The number of nitrogens with one attached hydrogen (secondary N) is 4. The molecule has 14 rings (SSSR count). The van der Waals surface area contributed by atoms with E-state index in [1.165, 1.54) is 84.0 Å². The SMILES string of the molecule is C.C.CCNC(=O)c1nnc(-c2cc(C(C)C)c(O)cc2O)n1-c1ccc(CN2CCC(C(=O)O)CC2)c(F)c1.CCNC(=O)c1nnc(-c2cc(C(C)C)c(O)cc2O)n1-c1ccc(CN2CCC(C(=O)OC[C@H](O)Cn3ccc4c(c(Nc5ccc(I)cc5F)c(F)c(=O)n4C)c3=O)CC2)c(F)c1.Cn1c(=O)c(F)c(Nc2ccc(I)cc2F)c2c(=O)n(C[C@@H](O)CO)cnc21.[2H]CF. The molecule has 2 fully saturated rings. The lowest BCUT2D eigenvalue weighted by Gasteiger charge is -2.31. The van der Waals surface area contributed by atoms with Crippen LogP contribution in [-0.2, 0) is 54.6 Å². The number of aliphatic hydroxyl groups is 3. The highest BCUT2D eigenvalue weighted by Gasteiger charge is 2.33. The van der Waals surface area contributed by atoms with Gasteiger partial charge in [0.05, 0.1) is 102 Å². The summed E-state index contributed by atoms with van der Waals surface area (Å²) in [5.41, 5.74) is -2.17. The van der Waals surface area contributed by atoms with Crippen LogP contribution in [-0.4, -0.2) is 199 Å². The maximum absolute atomic E-state index is 15.9. The maximum atomic E-state index is 15.9. The summed E-state index contributed by atoms with van der Waals surface area (Å²) >= 11 is 3.81. The summed E-state index contributed by atoms with van der Waals surface area (Å²) in [5, 5.41) is 107. The van der Waals surface area contributed by atoms with E-state index in [2.05, 4.69) is 46.6 Å². The predicted molar refractivity (Wildman–Crippen MR) is 508 cm³/mol. The van der Waals surface area contributed by atoms with Crippen LogP contribution in [0, 0.1) is 53.9 Å². The van der Waals surface area contributed by atoms with Crippen molar-refractivity contribution >= 4 is 114 Å². The number of rotatable bonds is 27. The van der Waals surface area contributed by atoms with Gasteiger partial charge in [-0.25, -0.2) is 22.5 Å². The molecule has 43 heteroatoms. The monoisotopic (exact) mass is 2110 g/mol. The van der Waals surface area contributed by atoms with Crippen LogP contribution in [0.1, 0.15) is 139 Å². The molecule has 0 saturated carbocycles. The Morgan fingerprint density at radius 3 is 1.40 bits per heavy atom. The van der Waals surface area contributed by atoms with Crippen molar-refractivity contribution in [2.24, 2.45) is 25.9 Å². The molecule has 6 aromatic heterocycles. The summed E-state index contributed by atoms with van der Waals surface area (Å²) in [5.74, 6) is -9.35. The molecule has 0 unspecified atom stereocenters. The lowest BCUT2D eigenvalue weighted by molar-refractivity contribution is -0.153. The topological polar surface area (TPSA) is 456 Å². The molecular weight excluding hydrogens is 2000 g/mol. The van der Waals surface area contributed by atoms with E-state index in [0.29, 0.717) is 94.3 Å². The number of esters is 1. The van der Waals surface area contributed by atoms with Crippen LogP contribution in [0.15, 0.2) is 135 Å². The van der Waals surface area contributed by atoms with Crippen LogP contribution < -0.4 is 43.5 Å². The second-order valence-electron chi connectivity index (χ2n) is 31.9. The normalized spacial score (nSPS) is 13.5. The number of aliphatic hydroxyl groups excluding tert-OH is 3.